The van der Waals surface area contributed by atoms with Crippen LogP contribution in [0.4, 0.5) is 0 Å². The van der Waals surface area contributed by atoms with Gasteiger partial charge in [-0.3, -0.25) is 0 Å². The first kappa shape index (κ1) is 8.79. The van der Waals surface area contributed by atoms with Crippen LogP contribution in [0.2, 0.25) is 0 Å². The second-order valence-corrected chi connectivity index (χ2v) is 3.97. The minimum absolute atomic E-state index is 0.164. The van der Waals surface area contributed by atoms with E-state index in [0.717, 1.165) is 6.42 Å². The monoisotopic (exact) mass is 154 g/mol. The minimum atomic E-state index is -0.164. The predicted octanol–water partition coefficient (Wildman–Crippen LogP) is 2.36. The molecule has 64 valence electrons. The molecule has 0 heterocycles. The summed E-state index contributed by atoms with van der Waals surface area (Å²) >= 11 is 0. The van der Waals surface area contributed by atoms with Crippen molar-refractivity contribution in [3.8, 4) is 0 Å². The van der Waals surface area contributed by atoms with Crippen LogP contribution in [-0.2, 0) is 0 Å². The van der Waals surface area contributed by atoms with Crippen molar-refractivity contribution in [3.05, 3.63) is 11.1 Å². The van der Waals surface area contributed by atoms with Crippen molar-refractivity contribution in [1.29, 1.82) is 0 Å². The highest BCUT2D eigenvalue weighted by atomic mass is 16.3. The SMILES string of the molecule is CC1=C(C)C(C(C)C)CC1O. The van der Waals surface area contributed by atoms with Crippen LogP contribution in [-0.4, -0.2) is 11.2 Å². The summed E-state index contributed by atoms with van der Waals surface area (Å²) in [6, 6.07) is 0. The third kappa shape index (κ3) is 1.48. The molecule has 0 bridgehead atoms. The van der Waals surface area contributed by atoms with Crippen LogP contribution in [0.25, 0.3) is 0 Å². The van der Waals surface area contributed by atoms with E-state index in [1.54, 1.807) is 0 Å². The normalized spacial score (nSPS) is 32.2. The zero-order chi connectivity index (χ0) is 8.59. The summed E-state index contributed by atoms with van der Waals surface area (Å²) in [5, 5.41) is 9.53. The summed E-state index contributed by atoms with van der Waals surface area (Å²) in [6.07, 6.45) is 0.775. The molecule has 1 heteroatoms. The Hall–Kier alpha value is -0.300. The van der Waals surface area contributed by atoms with Gasteiger partial charge in [-0.2, -0.15) is 0 Å². The summed E-state index contributed by atoms with van der Waals surface area (Å²) in [5.74, 6) is 1.28. The molecule has 0 radical (unpaired) electrons. The van der Waals surface area contributed by atoms with Gasteiger partial charge in [0.2, 0.25) is 0 Å². The van der Waals surface area contributed by atoms with Gasteiger partial charge in [-0.25, -0.2) is 0 Å². The molecule has 1 nitrogen and oxygen atoms in total. The van der Waals surface area contributed by atoms with E-state index in [4.69, 9.17) is 0 Å². The zero-order valence-corrected chi connectivity index (χ0v) is 7.89. The van der Waals surface area contributed by atoms with Gasteiger partial charge in [0.05, 0.1) is 6.10 Å². The lowest BCUT2D eigenvalue weighted by Gasteiger charge is -2.15. The molecule has 0 saturated heterocycles. The van der Waals surface area contributed by atoms with Crippen molar-refractivity contribution in [2.75, 3.05) is 0 Å². The van der Waals surface area contributed by atoms with Crippen LogP contribution < -0.4 is 0 Å². The molecule has 0 saturated carbocycles. The fourth-order valence-electron chi connectivity index (χ4n) is 1.92. The van der Waals surface area contributed by atoms with Gasteiger partial charge in [-0.15, -0.1) is 0 Å². The van der Waals surface area contributed by atoms with Crippen molar-refractivity contribution in [3.63, 3.8) is 0 Å². The van der Waals surface area contributed by atoms with Crippen molar-refractivity contribution in [2.24, 2.45) is 11.8 Å². The standard InChI is InChI=1S/C10H18O/c1-6(2)9-5-10(11)8(4)7(9)3/h6,9-11H,5H2,1-4H3. The van der Waals surface area contributed by atoms with Gasteiger partial charge < -0.3 is 5.11 Å². The fraction of sp³-hybridized carbons (Fsp3) is 0.800. The summed E-state index contributed by atoms with van der Waals surface area (Å²) in [5.41, 5.74) is 2.61. The Kier molecular flexibility index (Phi) is 2.38. The lowest BCUT2D eigenvalue weighted by molar-refractivity contribution is 0.191. The van der Waals surface area contributed by atoms with E-state index in [1.165, 1.54) is 11.1 Å². The summed E-state index contributed by atoms with van der Waals surface area (Å²) in [4.78, 5) is 0. The molecule has 0 fully saturated rings. The van der Waals surface area contributed by atoms with Crippen molar-refractivity contribution >= 4 is 0 Å². The molecular formula is C10H18O. The molecule has 0 aromatic heterocycles. The molecule has 2 atom stereocenters. The Labute approximate surface area is 69.1 Å². The van der Waals surface area contributed by atoms with Crippen LogP contribution >= 0.6 is 0 Å². The first-order valence-corrected chi connectivity index (χ1v) is 4.39. The second kappa shape index (κ2) is 2.98. The van der Waals surface area contributed by atoms with Gasteiger partial charge in [0, 0.05) is 0 Å². The first-order chi connectivity index (χ1) is 5.04. The molecule has 0 aliphatic heterocycles. The smallest absolute Gasteiger partial charge is 0.0755 e. The molecule has 1 aliphatic carbocycles. The van der Waals surface area contributed by atoms with E-state index >= 15 is 0 Å². The quantitative estimate of drug-likeness (QED) is 0.575. The van der Waals surface area contributed by atoms with Gasteiger partial charge in [0.15, 0.2) is 0 Å². The number of hydrogen-bond acceptors (Lipinski definition) is 1. The molecule has 0 amide bonds. The Morgan fingerprint density at radius 2 is 1.82 bits per heavy atom. The highest BCUT2D eigenvalue weighted by Crippen LogP contribution is 2.36. The van der Waals surface area contributed by atoms with Crippen LogP contribution in [0, 0.1) is 11.8 Å². The predicted molar refractivity (Wildman–Crippen MR) is 47.3 cm³/mol. The second-order valence-electron chi connectivity index (χ2n) is 3.97. The van der Waals surface area contributed by atoms with Crippen molar-refractivity contribution < 1.29 is 5.11 Å². The van der Waals surface area contributed by atoms with Gasteiger partial charge >= 0.3 is 0 Å². The lowest BCUT2D eigenvalue weighted by atomic mass is 9.90. The topological polar surface area (TPSA) is 20.2 Å². The van der Waals surface area contributed by atoms with E-state index in [2.05, 4.69) is 20.8 Å². The minimum Gasteiger partial charge on any atom is -0.389 e. The molecule has 0 aromatic rings. The van der Waals surface area contributed by atoms with E-state index in [1.807, 2.05) is 6.92 Å². The number of allylic oxidation sites excluding steroid dienone is 1. The highest BCUT2D eigenvalue weighted by Gasteiger charge is 2.28. The Morgan fingerprint density at radius 1 is 1.27 bits per heavy atom. The number of aliphatic hydroxyl groups is 1. The Bertz CT molecular complexity index is 179. The van der Waals surface area contributed by atoms with Gasteiger partial charge in [-0.05, 0) is 37.7 Å². The summed E-state index contributed by atoms with van der Waals surface area (Å²) in [7, 11) is 0. The Morgan fingerprint density at radius 3 is 2.00 bits per heavy atom. The Balaban J connectivity index is 2.77. The van der Waals surface area contributed by atoms with E-state index in [0.29, 0.717) is 11.8 Å². The molecule has 11 heavy (non-hydrogen) atoms. The maximum atomic E-state index is 9.53. The average molecular weight is 154 g/mol. The molecule has 1 N–H and O–H groups in total. The molecule has 1 aliphatic rings. The molecule has 1 rings (SSSR count). The van der Waals surface area contributed by atoms with Crippen LogP contribution in [0.1, 0.15) is 34.1 Å². The number of rotatable bonds is 1. The van der Waals surface area contributed by atoms with Crippen molar-refractivity contribution in [2.45, 2.75) is 40.2 Å². The highest BCUT2D eigenvalue weighted by molar-refractivity contribution is 5.23. The van der Waals surface area contributed by atoms with Crippen LogP contribution in [0.3, 0.4) is 0 Å². The summed E-state index contributed by atoms with van der Waals surface area (Å²) < 4.78 is 0. The fourth-order valence-corrected chi connectivity index (χ4v) is 1.92. The van der Waals surface area contributed by atoms with Gasteiger partial charge in [-0.1, -0.05) is 19.4 Å². The zero-order valence-electron chi connectivity index (χ0n) is 7.89. The molecule has 0 aromatic carbocycles. The van der Waals surface area contributed by atoms with Gasteiger partial charge in [0.1, 0.15) is 0 Å². The lowest BCUT2D eigenvalue weighted by Crippen LogP contribution is -2.09. The molecular weight excluding hydrogens is 136 g/mol. The molecule has 0 spiro atoms. The van der Waals surface area contributed by atoms with E-state index in [-0.39, 0.29) is 6.10 Å². The summed E-state index contributed by atoms with van der Waals surface area (Å²) in [6.45, 7) is 8.64. The third-order valence-electron chi connectivity index (χ3n) is 2.96. The number of hydrogen-bond donors (Lipinski definition) is 1. The maximum Gasteiger partial charge on any atom is 0.0755 e. The van der Waals surface area contributed by atoms with Gasteiger partial charge in [0.25, 0.3) is 0 Å². The van der Waals surface area contributed by atoms with Crippen LogP contribution in [0.15, 0.2) is 11.1 Å². The third-order valence-corrected chi connectivity index (χ3v) is 2.96. The van der Waals surface area contributed by atoms with Crippen molar-refractivity contribution in [1.82, 2.24) is 0 Å². The average Bonchev–Trinajstić information content (AvgIpc) is 2.17. The molecule has 2 unspecified atom stereocenters. The number of aliphatic hydroxyl groups excluding tert-OH is 1. The van der Waals surface area contributed by atoms with E-state index in [9.17, 15) is 5.11 Å². The largest absolute Gasteiger partial charge is 0.389 e. The first-order valence-electron chi connectivity index (χ1n) is 4.39. The van der Waals surface area contributed by atoms with E-state index < -0.39 is 0 Å². The van der Waals surface area contributed by atoms with Crippen LogP contribution in [0.5, 0.6) is 0 Å². The maximum absolute atomic E-state index is 9.53.